The van der Waals surface area contributed by atoms with Crippen LogP contribution < -0.4 is 5.32 Å². The number of nitrogens with one attached hydrogen (secondary N) is 1. The Morgan fingerprint density at radius 2 is 1.85 bits per heavy atom. The Morgan fingerprint density at radius 3 is 2.55 bits per heavy atom. The number of hydrogen-bond acceptors (Lipinski definition) is 2. The first kappa shape index (κ1) is 13.8. The molecule has 0 aliphatic heterocycles. The van der Waals surface area contributed by atoms with Crippen LogP contribution in [0.2, 0.25) is 0 Å². The fraction of sp³-hybridized carbons (Fsp3) is 0.125. The molecule has 0 spiro atoms. The van der Waals surface area contributed by atoms with Gasteiger partial charge in [0.25, 0.3) is 5.91 Å². The number of aliphatic carboxylic acids is 1. The van der Waals surface area contributed by atoms with Gasteiger partial charge in [-0.2, -0.15) is 0 Å². The van der Waals surface area contributed by atoms with E-state index in [1.54, 1.807) is 36.4 Å². The zero-order valence-corrected chi connectivity index (χ0v) is 11.1. The van der Waals surface area contributed by atoms with Gasteiger partial charge in [-0.3, -0.25) is 9.59 Å². The normalized spacial score (nSPS) is 10.1. The quantitative estimate of drug-likeness (QED) is 0.896. The predicted molar refractivity (Wildman–Crippen MR) is 76.9 cm³/mol. The molecule has 2 aromatic carbocycles. The molecule has 0 bridgehead atoms. The number of carboxylic acid groups (broad SMARTS) is 1. The molecule has 0 heterocycles. The van der Waals surface area contributed by atoms with Crippen molar-refractivity contribution >= 4 is 17.6 Å². The first-order chi connectivity index (χ1) is 9.54. The maximum Gasteiger partial charge on any atom is 0.307 e. The van der Waals surface area contributed by atoms with Gasteiger partial charge in [0.2, 0.25) is 0 Å². The molecule has 0 atom stereocenters. The summed E-state index contributed by atoms with van der Waals surface area (Å²) >= 11 is 0. The minimum Gasteiger partial charge on any atom is -0.481 e. The zero-order valence-electron chi connectivity index (χ0n) is 11.1. The van der Waals surface area contributed by atoms with Gasteiger partial charge >= 0.3 is 5.97 Å². The van der Waals surface area contributed by atoms with E-state index in [0.717, 1.165) is 5.56 Å². The van der Waals surface area contributed by atoms with E-state index < -0.39 is 5.97 Å². The second kappa shape index (κ2) is 6.02. The number of carbonyl (C=O) groups excluding carboxylic acids is 1. The summed E-state index contributed by atoms with van der Waals surface area (Å²) in [4.78, 5) is 22.7. The van der Waals surface area contributed by atoms with Crippen LogP contribution in [0.3, 0.4) is 0 Å². The number of hydrogen-bond donors (Lipinski definition) is 2. The maximum atomic E-state index is 12.1. The Morgan fingerprint density at radius 1 is 1.10 bits per heavy atom. The summed E-state index contributed by atoms with van der Waals surface area (Å²) in [7, 11) is 0. The highest BCUT2D eigenvalue weighted by Gasteiger charge is 2.07. The Balaban J connectivity index is 2.13. The maximum absolute atomic E-state index is 12.1. The molecule has 0 aliphatic rings. The van der Waals surface area contributed by atoms with Crippen molar-refractivity contribution in [2.24, 2.45) is 0 Å². The fourth-order valence-corrected chi connectivity index (χ4v) is 1.92. The van der Waals surface area contributed by atoms with E-state index in [1.807, 2.05) is 19.1 Å². The van der Waals surface area contributed by atoms with Crippen LogP contribution in [0.25, 0.3) is 0 Å². The van der Waals surface area contributed by atoms with E-state index in [1.165, 1.54) is 0 Å². The Labute approximate surface area is 117 Å². The molecular formula is C16H15NO3. The summed E-state index contributed by atoms with van der Waals surface area (Å²) in [6.45, 7) is 1.92. The number of rotatable bonds is 4. The van der Waals surface area contributed by atoms with Crippen LogP contribution >= 0.6 is 0 Å². The molecule has 1 amide bonds. The molecular weight excluding hydrogens is 254 g/mol. The van der Waals surface area contributed by atoms with Gasteiger partial charge in [0.05, 0.1) is 6.42 Å². The minimum atomic E-state index is -0.896. The second-order valence-corrected chi connectivity index (χ2v) is 4.59. The topological polar surface area (TPSA) is 66.4 Å². The van der Waals surface area contributed by atoms with Crippen molar-refractivity contribution in [3.63, 3.8) is 0 Å². The van der Waals surface area contributed by atoms with E-state index in [0.29, 0.717) is 16.8 Å². The third-order valence-electron chi connectivity index (χ3n) is 2.82. The molecule has 4 heteroatoms. The third kappa shape index (κ3) is 3.68. The molecule has 102 valence electrons. The summed E-state index contributed by atoms with van der Waals surface area (Å²) in [5.41, 5.74) is 2.83. The molecule has 2 aromatic rings. The largest absolute Gasteiger partial charge is 0.481 e. The van der Waals surface area contributed by atoms with E-state index in [4.69, 9.17) is 5.11 Å². The van der Waals surface area contributed by atoms with Gasteiger partial charge in [-0.05, 0) is 36.8 Å². The van der Waals surface area contributed by atoms with Crippen LogP contribution in [-0.2, 0) is 11.2 Å². The average molecular weight is 269 g/mol. The second-order valence-electron chi connectivity index (χ2n) is 4.59. The van der Waals surface area contributed by atoms with Crippen LogP contribution in [0.1, 0.15) is 21.5 Å². The molecule has 0 radical (unpaired) electrons. The van der Waals surface area contributed by atoms with Crippen LogP contribution in [0.15, 0.2) is 48.5 Å². The third-order valence-corrected chi connectivity index (χ3v) is 2.82. The van der Waals surface area contributed by atoms with Gasteiger partial charge in [-0.25, -0.2) is 0 Å². The molecule has 2 N–H and O–H groups in total. The Hall–Kier alpha value is -2.62. The molecule has 0 aromatic heterocycles. The molecule has 0 saturated carbocycles. The van der Waals surface area contributed by atoms with E-state index in [9.17, 15) is 9.59 Å². The number of benzene rings is 2. The van der Waals surface area contributed by atoms with Gasteiger partial charge in [-0.15, -0.1) is 0 Å². The van der Waals surface area contributed by atoms with Gasteiger partial charge < -0.3 is 10.4 Å². The SMILES string of the molecule is Cc1cccc(C(=O)Nc2cccc(CC(=O)O)c2)c1. The number of carbonyl (C=O) groups is 2. The lowest BCUT2D eigenvalue weighted by Gasteiger charge is -2.07. The molecule has 2 rings (SSSR count). The van der Waals surface area contributed by atoms with Crippen LogP contribution in [0.5, 0.6) is 0 Å². The lowest BCUT2D eigenvalue weighted by atomic mass is 10.1. The Kier molecular flexibility index (Phi) is 4.15. The van der Waals surface area contributed by atoms with Crippen molar-refractivity contribution in [1.29, 1.82) is 0 Å². The van der Waals surface area contributed by atoms with Crippen LogP contribution in [-0.4, -0.2) is 17.0 Å². The molecule has 0 unspecified atom stereocenters. The highest BCUT2D eigenvalue weighted by molar-refractivity contribution is 6.04. The van der Waals surface area contributed by atoms with Crippen molar-refractivity contribution in [2.45, 2.75) is 13.3 Å². The van der Waals surface area contributed by atoms with Crippen molar-refractivity contribution in [3.8, 4) is 0 Å². The predicted octanol–water partition coefficient (Wildman–Crippen LogP) is 2.87. The van der Waals surface area contributed by atoms with E-state index >= 15 is 0 Å². The van der Waals surface area contributed by atoms with Crippen LogP contribution in [0.4, 0.5) is 5.69 Å². The smallest absolute Gasteiger partial charge is 0.307 e. The minimum absolute atomic E-state index is 0.0614. The number of carboxylic acids is 1. The van der Waals surface area contributed by atoms with Gasteiger partial charge in [0.15, 0.2) is 0 Å². The van der Waals surface area contributed by atoms with Gasteiger partial charge in [0.1, 0.15) is 0 Å². The highest BCUT2D eigenvalue weighted by Crippen LogP contribution is 2.13. The average Bonchev–Trinajstić information content (AvgIpc) is 2.38. The van der Waals surface area contributed by atoms with Crippen molar-refractivity contribution in [2.75, 3.05) is 5.32 Å². The highest BCUT2D eigenvalue weighted by atomic mass is 16.4. The fourth-order valence-electron chi connectivity index (χ4n) is 1.92. The zero-order chi connectivity index (χ0) is 14.5. The summed E-state index contributed by atoms with van der Waals surface area (Å²) in [6.07, 6.45) is -0.0614. The molecule has 20 heavy (non-hydrogen) atoms. The number of anilines is 1. The van der Waals surface area contributed by atoms with E-state index in [2.05, 4.69) is 5.32 Å². The number of aryl methyl sites for hydroxylation is 1. The monoisotopic (exact) mass is 269 g/mol. The molecule has 0 saturated heterocycles. The molecule has 0 fully saturated rings. The lowest BCUT2D eigenvalue weighted by Crippen LogP contribution is -2.12. The number of amides is 1. The molecule has 4 nitrogen and oxygen atoms in total. The van der Waals surface area contributed by atoms with Crippen molar-refractivity contribution in [1.82, 2.24) is 0 Å². The molecule has 0 aliphatic carbocycles. The Bertz CT molecular complexity index is 650. The van der Waals surface area contributed by atoms with Crippen molar-refractivity contribution < 1.29 is 14.7 Å². The summed E-state index contributed by atoms with van der Waals surface area (Å²) in [6, 6.07) is 14.1. The summed E-state index contributed by atoms with van der Waals surface area (Å²) in [5, 5.41) is 11.5. The van der Waals surface area contributed by atoms with Gasteiger partial charge in [-0.1, -0.05) is 29.8 Å². The summed E-state index contributed by atoms with van der Waals surface area (Å²) in [5.74, 6) is -1.10. The van der Waals surface area contributed by atoms with E-state index in [-0.39, 0.29) is 12.3 Å². The van der Waals surface area contributed by atoms with Gasteiger partial charge in [0, 0.05) is 11.3 Å². The first-order valence-corrected chi connectivity index (χ1v) is 6.23. The standard InChI is InChI=1S/C16H15NO3/c1-11-4-2-6-13(8-11)16(20)17-14-7-3-5-12(9-14)10-15(18)19/h2-9H,10H2,1H3,(H,17,20)(H,18,19). The van der Waals surface area contributed by atoms with Crippen LogP contribution in [0, 0.1) is 6.92 Å². The lowest BCUT2D eigenvalue weighted by molar-refractivity contribution is -0.136. The van der Waals surface area contributed by atoms with Crippen molar-refractivity contribution in [3.05, 3.63) is 65.2 Å². The first-order valence-electron chi connectivity index (χ1n) is 6.23. The summed E-state index contributed by atoms with van der Waals surface area (Å²) < 4.78 is 0.